The molecule has 0 amide bonds. The lowest BCUT2D eigenvalue weighted by atomic mass is 10.1. The molecule has 0 aromatic carbocycles. The van der Waals surface area contributed by atoms with Gasteiger partial charge in [0.05, 0.1) is 13.2 Å². The van der Waals surface area contributed by atoms with Crippen molar-refractivity contribution in [2.24, 2.45) is 5.73 Å². The van der Waals surface area contributed by atoms with Gasteiger partial charge in [0.1, 0.15) is 6.61 Å². The Labute approximate surface area is 327 Å². The third-order valence-electron chi connectivity index (χ3n) is 8.35. The number of allylic oxidation sites excluding steroid dienone is 10. The van der Waals surface area contributed by atoms with Crippen molar-refractivity contribution in [3.05, 3.63) is 60.8 Å². The highest BCUT2D eigenvalue weighted by Gasteiger charge is 2.25. The van der Waals surface area contributed by atoms with Crippen LogP contribution in [0.2, 0.25) is 0 Å². The second-order valence-electron chi connectivity index (χ2n) is 13.5. The van der Waals surface area contributed by atoms with Crippen LogP contribution in [-0.2, 0) is 37.5 Å². The molecule has 1 unspecified atom stereocenters. The highest BCUT2D eigenvalue weighted by atomic mass is 31.2. The van der Waals surface area contributed by atoms with Gasteiger partial charge in [-0.1, -0.05) is 133 Å². The fourth-order valence-corrected chi connectivity index (χ4v) is 5.98. The Morgan fingerprint density at radius 1 is 0.611 bits per heavy atom. The molecule has 0 aliphatic heterocycles. The van der Waals surface area contributed by atoms with Crippen molar-refractivity contribution in [2.45, 2.75) is 168 Å². The minimum atomic E-state index is -4.42. The molecule has 0 aromatic heterocycles. The summed E-state index contributed by atoms with van der Waals surface area (Å²) in [6.07, 6.45) is 40.8. The molecule has 0 spiro atoms. The molecule has 0 saturated carbocycles. The second-order valence-corrected chi connectivity index (χ2v) is 15.0. The molecular formula is C43H74NO9P. The molecule has 54 heavy (non-hydrogen) atoms. The fraction of sp³-hybridized carbons (Fsp3) is 0.698. The summed E-state index contributed by atoms with van der Waals surface area (Å²) in [7, 11) is -4.42. The van der Waals surface area contributed by atoms with Gasteiger partial charge in [-0.3, -0.25) is 23.4 Å². The van der Waals surface area contributed by atoms with Gasteiger partial charge in [0.15, 0.2) is 11.9 Å². The van der Waals surface area contributed by atoms with E-state index in [0.29, 0.717) is 25.7 Å². The van der Waals surface area contributed by atoms with Crippen LogP contribution in [0.1, 0.15) is 162 Å². The smallest absolute Gasteiger partial charge is 0.462 e. The van der Waals surface area contributed by atoms with Gasteiger partial charge in [0, 0.05) is 25.8 Å². The molecule has 0 heterocycles. The van der Waals surface area contributed by atoms with E-state index in [9.17, 15) is 23.8 Å². The molecule has 0 rings (SSSR count). The number of phosphoric ester groups is 1. The first kappa shape index (κ1) is 51.4. The summed E-state index contributed by atoms with van der Waals surface area (Å²) in [5.41, 5.74) is 5.33. The van der Waals surface area contributed by atoms with Crippen LogP contribution >= 0.6 is 7.82 Å². The summed E-state index contributed by atoms with van der Waals surface area (Å²) < 4.78 is 32.6. The molecule has 0 radical (unpaired) electrons. The average molecular weight is 780 g/mol. The fourth-order valence-electron chi connectivity index (χ4n) is 5.22. The van der Waals surface area contributed by atoms with Crippen LogP contribution in [0.5, 0.6) is 0 Å². The maximum Gasteiger partial charge on any atom is 0.472 e. The minimum absolute atomic E-state index is 0.0258. The first-order valence-electron chi connectivity index (χ1n) is 20.7. The molecule has 3 N–H and O–H groups in total. The SMILES string of the molecule is CCCCC/C=C\C=C\C(=O)CCCCCCCC(=O)OC[C@H](COP(=O)(O)OCCN)OC(=O)CCC/C=C\C/C=C\C/C=C\CCCCCCCC. The zero-order valence-corrected chi connectivity index (χ0v) is 34.6. The quantitative estimate of drug-likeness (QED) is 0.0155. The van der Waals surface area contributed by atoms with Crippen molar-refractivity contribution in [1.29, 1.82) is 0 Å². The number of nitrogens with two attached hydrogens (primary N) is 1. The van der Waals surface area contributed by atoms with Crippen LogP contribution in [0, 0.1) is 0 Å². The third kappa shape index (κ3) is 37.7. The summed E-state index contributed by atoms with van der Waals surface area (Å²) >= 11 is 0. The van der Waals surface area contributed by atoms with Crippen LogP contribution in [0.4, 0.5) is 0 Å². The molecule has 0 aliphatic carbocycles. The molecule has 0 aliphatic rings. The van der Waals surface area contributed by atoms with Gasteiger partial charge in [-0.05, 0) is 70.3 Å². The first-order valence-corrected chi connectivity index (χ1v) is 22.2. The van der Waals surface area contributed by atoms with E-state index in [1.807, 2.05) is 18.2 Å². The molecule has 310 valence electrons. The Hall–Kier alpha value is -2.62. The largest absolute Gasteiger partial charge is 0.472 e. The van der Waals surface area contributed by atoms with Gasteiger partial charge >= 0.3 is 19.8 Å². The summed E-state index contributed by atoms with van der Waals surface area (Å²) in [6, 6.07) is 0. The number of esters is 2. The topological polar surface area (TPSA) is 151 Å². The first-order chi connectivity index (χ1) is 26.2. The predicted molar refractivity (Wildman–Crippen MR) is 220 cm³/mol. The normalized spacial score (nSPS) is 13.9. The minimum Gasteiger partial charge on any atom is -0.462 e. The zero-order chi connectivity index (χ0) is 39.8. The van der Waals surface area contributed by atoms with Gasteiger partial charge in [-0.15, -0.1) is 0 Å². The molecule has 0 saturated heterocycles. The van der Waals surface area contributed by atoms with E-state index in [0.717, 1.165) is 51.4 Å². The van der Waals surface area contributed by atoms with E-state index < -0.39 is 32.5 Å². The molecule has 0 fully saturated rings. The maximum absolute atomic E-state index is 12.5. The van der Waals surface area contributed by atoms with E-state index in [1.165, 1.54) is 57.8 Å². The van der Waals surface area contributed by atoms with E-state index in [-0.39, 0.29) is 38.4 Å². The average Bonchev–Trinajstić information content (AvgIpc) is 3.15. The summed E-state index contributed by atoms with van der Waals surface area (Å²) in [4.78, 5) is 46.8. The number of hydrogen-bond donors (Lipinski definition) is 2. The maximum atomic E-state index is 12.5. The Kier molecular flexibility index (Phi) is 36.8. The van der Waals surface area contributed by atoms with E-state index >= 15 is 0 Å². The number of ether oxygens (including phenoxy) is 2. The molecular weight excluding hydrogens is 705 g/mol. The lowest BCUT2D eigenvalue weighted by Crippen LogP contribution is -2.29. The van der Waals surface area contributed by atoms with Crippen LogP contribution < -0.4 is 5.73 Å². The van der Waals surface area contributed by atoms with Crippen molar-refractivity contribution < 1.29 is 42.4 Å². The van der Waals surface area contributed by atoms with Gasteiger partial charge in [-0.25, -0.2) is 4.57 Å². The molecule has 2 atom stereocenters. The van der Waals surface area contributed by atoms with Crippen LogP contribution in [0.3, 0.4) is 0 Å². The standard InChI is InChI=1S/C43H74NO9P/c1-3-5-7-9-11-12-13-14-15-16-17-18-19-20-22-26-31-35-43(47)53-41(39-52-54(48,49)51-37-36-44)38-50-42(46)34-30-27-23-25-29-33-40(45)32-28-24-21-10-8-6-4-2/h14-15,17-18,20-22,24,28,32,41H,3-13,16,19,23,25-27,29-31,33-39,44H2,1-2H3,(H,48,49)/b15-14-,18-17-,22-20-,24-21-,32-28+/t41-/m1/s1. The highest BCUT2D eigenvalue weighted by Crippen LogP contribution is 2.43. The van der Waals surface area contributed by atoms with Crippen molar-refractivity contribution in [3.63, 3.8) is 0 Å². The summed E-state index contributed by atoms with van der Waals surface area (Å²) in [6.45, 7) is 3.46. The second kappa shape index (κ2) is 38.6. The van der Waals surface area contributed by atoms with Gasteiger partial charge in [0.25, 0.3) is 0 Å². The van der Waals surface area contributed by atoms with Crippen molar-refractivity contribution in [2.75, 3.05) is 26.4 Å². The number of rotatable bonds is 38. The van der Waals surface area contributed by atoms with E-state index in [1.54, 1.807) is 6.08 Å². The monoisotopic (exact) mass is 780 g/mol. The van der Waals surface area contributed by atoms with Gasteiger partial charge in [-0.2, -0.15) is 0 Å². The summed E-state index contributed by atoms with van der Waals surface area (Å²) in [5.74, 6) is -0.870. The number of phosphoric acid groups is 1. The third-order valence-corrected chi connectivity index (χ3v) is 9.34. The number of carbonyl (C=O) groups is 3. The number of ketones is 1. The Morgan fingerprint density at radius 2 is 1.15 bits per heavy atom. The van der Waals surface area contributed by atoms with E-state index in [4.69, 9.17) is 24.3 Å². The highest BCUT2D eigenvalue weighted by molar-refractivity contribution is 7.47. The Balaban J connectivity index is 4.37. The van der Waals surface area contributed by atoms with E-state index in [2.05, 4.69) is 50.3 Å². The zero-order valence-electron chi connectivity index (χ0n) is 33.7. The molecule has 10 nitrogen and oxygen atoms in total. The molecule has 11 heteroatoms. The molecule has 0 bridgehead atoms. The van der Waals surface area contributed by atoms with Crippen LogP contribution in [-0.4, -0.2) is 55.1 Å². The number of unbranched alkanes of at least 4 members (excludes halogenated alkanes) is 14. The Morgan fingerprint density at radius 3 is 1.83 bits per heavy atom. The Bertz CT molecular complexity index is 1130. The van der Waals surface area contributed by atoms with Gasteiger partial charge < -0.3 is 20.1 Å². The van der Waals surface area contributed by atoms with Crippen molar-refractivity contribution >= 4 is 25.5 Å². The molecule has 0 aromatic rings. The lowest BCUT2D eigenvalue weighted by molar-refractivity contribution is -0.161. The number of carbonyl (C=O) groups excluding carboxylic acids is 3. The van der Waals surface area contributed by atoms with Gasteiger partial charge in [0.2, 0.25) is 0 Å². The number of hydrogen-bond acceptors (Lipinski definition) is 9. The summed E-state index contributed by atoms with van der Waals surface area (Å²) in [5, 5.41) is 0. The van der Waals surface area contributed by atoms with Crippen molar-refractivity contribution in [1.82, 2.24) is 0 Å². The predicted octanol–water partition coefficient (Wildman–Crippen LogP) is 10.9. The van der Waals surface area contributed by atoms with Crippen LogP contribution in [0.25, 0.3) is 0 Å². The lowest BCUT2D eigenvalue weighted by Gasteiger charge is -2.19. The van der Waals surface area contributed by atoms with Crippen LogP contribution in [0.15, 0.2) is 60.8 Å². The van der Waals surface area contributed by atoms with Crippen molar-refractivity contribution in [3.8, 4) is 0 Å².